The van der Waals surface area contributed by atoms with Crippen molar-refractivity contribution in [1.29, 1.82) is 0 Å². The van der Waals surface area contributed by atoms with Crippen molar-refractivity contribution in [2.24, 2.45) is 5.73 Å². The van der Waals surface area contributed by atoms with Crippen LogP contribution in [0.15, 0.2) is 73.2 Å². The average Bonchev–Trinajstić information content (AvgIpc) is 2.98. The molecular weight excluding hydrogens is 234 g/mol. The lowest BCUT2D eigenvalue weighted by Gasteiger charge is -2.15. The van der Waals surface area contributed by atoms with Gasteiger partial charge in [-0.25, -0.2) is 4.98 Å². The number of aromatic nitrogens is 2. The summed E-state index contributed by atoms with van der Waals surface area (Å²) in [7, 11) is 0. The van der Waals surface area contributed by atoms with Gasteiger partial charge in [-0.05, 0) is 17.7 Å². The summed E-state index contributed by atoms with van der Waals surface area (Å²) in [4.78, 5) is 4.23. The highest BCUT2D eigenvalue weighted by atomic mass is 15.1. The number of hydrogen-bond donors (Lipinski definition) is 1. The maximum atomic E-state index is 6.34. The Morgan fingerprint density at radius 2 is 1.53 bits per heavy atom. The van der Waals surface area contributed by atoms with Crippen LogP contribution in [0.4, 0.5) is 0 Å². The second kappa shape index (κ2) is 5.08. The van der Waals surface area contributed by atoms with Gasteiger partial charge in [0.1, 0.15) is 0 Å². The largest absolute Gasteiger partial charge is 0.319 e. The summed E-state index contributed by atoms with van der Waals surface area (Å²) in [6.45, 7) is 0. The molecule has 3 nitrogen and oxygen atoms in total. The van der Waals surface area contributed by atoms with E-state index in [0.717, 1.165) is 16.9 Å². The number of imidazole rings is 1. The molecule has 0 saturated carbocycles. The van der Waals surface area contributed by atoms with Crippen LogP contribution in [0.5, 0.6) is 0 Å². The molecule has 1 aromatic heterocycles. The summed E-state index contributed by atoms with van der Waals surface area (Å²) >= 11 is 0. The minimum Gasteiger partial charge on any atom is -0.319 e. The molecule has 19 heavy (non-hydrogen) atoms. The highest BCUT2D eigenvalue weighted by molar-refractivity contribution is 5.36. The van der Waals surface area contributed by atoms with E-state index in [1.54, 1.807) is 6.33 Å². The van der Waals surface area contributed by atoms with Gasteiger partial charge in [0.2, 0.25) is 0 Å². The van der Waals surface area contributed by atoms with Crippen molar-refractivity contribution in [3.8, 4) is 5.69 Å². The van der Waals surface area contributed by atoms with Crippen LogP contribution in [0, 0.1) is 0 Å². The molecule has 0 saturated heterocycles. The number of benzene rings is 2. The quantitative estimate of drug-likeness (QED) is 0.775. The topological polar surface area (TPSA) is 43.8 Å². The highest BCUT2D eigenvalue weighted by Crippen LogP contribution is 2.21. The van der Waals surface area contributed by atoms with Gasteiger partial charge < -0.3 is 10.3 Å². The van der Waals surface area contributed by atoms with Crippen LogP contribution in [0.3, 0.4) is 0 Å². The Labute approximate surface area is 112 Å². The molecule has 3 rings (SSSR count). The van der Waals surface area contributed by atoms with Crippen LogP contribution in [0.2, 0.25) is 0 Å². The Kier molecular flexibility index (Phi) is 3.12. The van der Waals surface area contributed by atoms with Crippen LogP contribution >= 0.6 is 0 Å². The normalized spacial score (nSPS) is 12.3. The number of para-hydroxylation sites is 1. The van der Waals surface area contributed by atoms with Gasteiger partial charge in [-0.3, -0.25) is 0 Å². The molecule has 0 radical (unpaired) electrons. The Morgan fingerprint density at radius 1 is 0.895 bits per heavy atom. The molecular formula is C16H15N3. The minimum atomic E-state index is -0.177. The van der Waals surface area contributed by atoms with Gasteiger partial charge in [-0.2, -0.15) is 0 Å². The van der Waals surface area contributed by atoms with E-state index in [1.807, 2.05) is 71.4 Å². The first-order valence-electron chi connectivity index (χ1n) is 6.24. The van der Waals surface area contributed by atoms with Crippen molar-refractivity contribution in [3.63, 3.8) is 0 Å². The van der Waals surface area contributed by atoms with E-state index in [-0.39, 0.29) is 6.04 Å². The average molecular weight is 249 g/mol. The lowest BCUT2D eigenvalue weighted by Crippen LogP contribution is -2.15. The van der Waals surface area contributed by atoms with Gasteiger partial charge in [-0.1, -0.05) is 48.5 Å². The van der Waals surface area contributed by atoms with Gasteiger partial charge in [0.05, 0.1) is 24.3 Å². The van der Waals surface area contributed by atoms with Crippen LogP contribution in [-0.2, 0) is 0 Å². The fourth-order valence-corrected chi connectivity index (χ4v) is 2.17. The van der Waals surface area contributed by atoms with Crippen molar-refractivity contribution >= 4 is 0 Å². The number of nitrogens with two attached hydrogens (primary N) is 1. The van der Waals surface area contributed by atoms with Crippen LogP contribution in [0.1, 0.15) is 17.3 Å². The molecule has 1 heterocycles. The van der Waals surface area contributed by atoms with Gasteiger partial charge >= 0.3 is 0 Å². The standard InChI is InChI=1S/C16H15N3/c17-16(13-7-3-1-4-8-13)15-11-18-12-19(15)14-9-5-2-6-10-14/h1-12,16H,17H2. The predicted molar refractivity (Wildman–Crippen MR) is 76.0 cm³/mol. The summed E-state index contributed by atoms with van der Waals surface area (Å²) in [6, 6.07) is 20.0. The zero-order valence-electron chi connectivity index (χ0n) is 10.5. The summed E-state index contributed by atoms with van der Waals surface area (Å²) in [5.74, 6) is 0. The maximum Gasteiger partial charge on any atom is 0.0994 e. The first-order valence-corrected chi connectivity index (χ1v) is 6.24. The van der Waals surface area contributed by atoms with E-state index in [4.69, 9.17) is 5.73 Å². The second-order valence-corrected chi connectivity index (χ2v) is 4.41. The van der Waals surface area contributed by atoms with Crippen molar-refractivity contribution in [2.45, 2.75) is 6.04 Å². The number of nitrogens with zero attached hydrogens (tertiary/aromatic N) is 2. The Morgan fingerprint density at radius 3 is 2.21 bits per heavy atom. The first kappa shape index (κ1) is 11.7. The molecule has 94 valence electrons. The van der Waals surface area contributed by atoms with Crippen molar-refractivity contribution in [3.05, 3.63) is 84.4 Å². The van der Waals surface area contributed by atoms with Crippen LogP contribution < -0.4 is 5.73 Å². The van der Waals surface area contributed by atoms with Gasteiger partial charge in [-0.15, -0.1) is 0 Å². The summed E-state index contributed by atoms with van der Waals surface area (Å²) in [5.41, 5.74) is 9.48. The third kappa shape index (κ3) is 2.28. The van der Waals surface area contributed by atoms with E-state index >= 15 is 0 Å². The smallest absolute Gasteiger partial charge is 0.0994 e. The number of rotatable bonds is 3. The molecule has 0 aliphatic heterocycles. The molecule has 0 bridgehead atoms. The Bertz CT molecular complexity index is 644. The fourth-order valence-electron chi connectivity index (χ4n) is 2.17. The molecule has 0 aliphatic carbocycles. The highest BCUT2D eigenvalue weighted by Gasteiger charge is 2.14. The lowest BCUT2D eigenvalue weighted by molar-refractivity contribution is 0.793. The Hall–Kier alpha value is -2.39. The van der Waals surface area contributed by atoms with E-state index < -0.39 is 0 Å². The van der Waals surface area contributed by atoms with Crippen molar-refractivity contribution in [2.75, 3.05) is 0 Å². The molecule has 0 amide bonds. The van der Waals surface area contributed by atoms with Crippen molar-refractivity contribution < 1.29 is 0 Å². The number of hydrogen-bond acceptors (Lipinski definition) is 2. The predicted octanol–water partition coefficient (Wildman–Crippen LogP) is 2.92. The minimum absolute atomic E-state index is 0.177. The molecule has 3 aromatic rings. The van der Waals surface area contributed by atoms with E-state index in [0.29, 0.717) is 0 Å². The third-order valence-corrected chi connectivity index (χ3v) is 3.18. The fraction of sp³-hybridized carbons (Fsp3) is 0.0625. The van der Waals surface area contributed by atoms with Crippen LogP contribution in [0.25, 0.3) is 5.69 Å². The molecule has 1 atom stereocenters. The van der Waals surface area contributed by atoms with Gasteiger partial charge in [0.15, 0.2) is 0 Å². The Balaban J connectivity index is 2.01. The zero-order chi connectivity index (χ0) is 13.1. The molecule has 0 aliphatic rings. The summed E-state index contributed by atoms with van der Waals surface area (Å²) in [6.07, 6.45) is 3.62. The van der Waals surface area contributed by atoms with Gasteiger partial charge in [0, 0.05) is 5.69 Å². The zero-order valence-corrected chi connectivity index (χ0v) is 10.5. The molecule has 0 spiro atoms. The van der Waals surface area contributed by atoms with E-state index in [9.17, 15) is 0 Å². The molecule has 2 N–H and O–H groups in total. The SMILES string of the molecule is NC(c1ccccc1)c1cncn1-c1ccccc1. The van der Waals surface area contributed by atoms with Gasteiger partial charge in [0.25, 0.3) is 0 Å². The lowest BCUT2D eigenvalue weighted by atomic mass is 10.1. The first-order chi connectivity index (χ1) is 9.36. The maximum absolute atomic E-state index is 6.34. The van der Waals surface area contributed by atoms with E-state index in [1.165, 1.54) is 0 Å². The molecule has 3 heteroatoms. The third-order valence-electron chi connectivity index (χ3n) is 3.18. The van der Waals surface area contributed by atoms with Crippen LogP contribution in [-0.4, -0.2) is 9.55 Å². The second-order valence-electron chi connectivity index (χ2n) is 4.41. The molecule has 0 fully saturated rings. The molecule has 2 aromatic carbocycles. The van der Waals surface area contributed by atoms with Crippen molar-refractivity contribution in [1.82, 2.24) is 9.55 Å². The molecule has 1 unspecified atom stereocenters. The monoisotopic (exact) mass is 249 g/mol. The summed E-state index contributed by atoms with van der Waals surface area (Å²) < 4.78 is 2.03. The van der Waals surface area contributed by atoms with E-state index in [2.05, 4.69) is 4.98 Å². The summed E-state index contributed by atoms with van der Waals surface area (Å²) in [5, 5.41) is 0.